The van der Waals surface area contributed by atoms with E-state index >= 15 is 0 Å². The van der Waals surface area contributed by atoms with Crippen LogP contribution in [0, 0.1) is 0 Å². The van der Waals surface area contributed by atoms with E-state index < -0.39 is 34.3 Å². The first-order valence-electron chi connectivity index (χ1n) is 12.0. The topological polar surface area (TPSA) is 207 Å². The van der Waals surface area contributed by atoms with Crippen molar-refractivity contribution in [2.75, 3.05) is 0 Å². The number of nitrogens with zero attached hydrogens (tertiary/aromatic N) is 2. The number of carbonyl (C=O) groups is 4. The van der Waals surface area contributed by atoms with Gasteiger partial charge in [-0.05, 0) is 60.7 Å². The number of aromatic nitrogens is 4. The molecular formula is C28H20N4O8Sn. The molecule has 0 atom stereocenters. The number of fused-ring (bicyclic) bond motifs is 11. The van der Waals surface area contributed by atoms with Gasteiger partial charge >= 0.3 is 73.9 Å². The Morgan fingerprint density at radius 3 is 1.41 bits per heavy atom. The van der Waals surface area contributed by atoms with E-state index in [0.29, 0.717) is 0 Å². The van der Waals surface area contributed by atoms with Gasteiger partial charge in [0.1, 0.15) is 0 Å². The molecular weight excluding hydrogens is 639 g/mol. The van der Waals surface area contributed by atoms with Gasteiger partial charge in [-0.15, -0.1) is 0 Å². The van der Waals surface area contributed by atoms with Gasteiger partial charge in [0.25, 0.3) is 0 Å². The Hall–Kier alpha value is -5.24. The van der Waals surface area contributed by atoms with E-state index in [0.717, 1.165) is 56.0 Å². The summed E-state index contributed by atoms with van der Waals surface area (Å²) in [5.41, 5.74) is 10.2. The van der Waals surface area contributed by atoms with Gasteiger partial charge in [0.2, 0.25) is 0 Å². The van der Waals surface area contributed by atoms with Crippen LogP contribution in [0.2, 0.25) is 0 Å². The number of nitrogens with one attached hydrogen (secondary N) is 2. The van der Waals surface area contributed by atoms with Crippen LogP contribution in [-0.4, -0.2) is 74.7 Å². The third-order valence-electron chi connectivity index (χ3n) is 6.34. The van der Waals surface area contributed by atoms with E-state index in [9.17, 15) is 19.2 Å². The molecule has 0 fully saturated rings. The maximum absolute atomic E-state index is 10.3. The molecule has 6 N–H and O–H groups in total. The summed E-state index contributed by atoms with van der Waals surface area (Å²) in [6.07, 6.45) is 4.06. The van der Waals surface area contributed by atoms with Crippen LogP contribution < -0.4 is 0 Å². The van der Waals surface area contributed by atoms with Crippen LogP contribution in [0.15, 0.2) is 72.8 Å². The van der Waals surface area contributed by atoms with Crippen LogP contribution in [0.25, 0.3) is 56.7 Å². The van der Waals surface area contributed by atoms with Gasteiger partial charge in [0, 0.05) is 33.2 Å². The Labute approximate surface area is 234 Å². The fourth-order valence-corrected chi connectivity index (χ4v) is 7.45. The molecule has 0 saturated heterocycles. The summed E-state index contributed by atoms with van der Waals surface area (Å²) in [5.74, 6) is 0. The van der Waals surface area contributed by atoms with Crippen LogP contribution in [0.3, 0.4) is 0 Å². The third kappa shape index (κ3) is 5.19. The molecule has 1 aromatic carbocycles. The molecule has 0 spiro atoms. The molecule has 0 saturated carbocycles. The van der Waals surface area contributed by atoms with Crippen molar-refractivity contribution in [3.05, 3.63) is 84.2 Å². The number of aromatic amines is 2. The Morgan fingerprint density at radius 1 is 0.537 bits per heavy atom. The third-order valence-corrected chi connectivity index (χ3v) is 13.7. The number of carboxylic acid groups (broad SMARTS) is 4. The van der Waals surface area contributed by atoms with Gasteiger partial charge in [-0.3, -0.25) is 0 Å². The molecule has 0 amide bonds. The predicted molar refractivity (Wildman–Crippen MR) is 152 cm³/mol. The van der Waals surface area contributed by atoms with Crippen LogP contribution in [0.1, 0.15) is 11.4 Å². The van der Waals surface area contributed by atoms with Crippen molar-refractivity contribution in [1.29, 1.82) is 0 Å². The molecule has 12 nitrogen and oxygen atoms in total. The molecule has 0 aliphatic carbocycles. The van der Waals surface area contributed by atoms with Crippen LogP contribution in [0.5, 0.6) is 0 Å². The second-order valence-electron chi connectivity index (χ2n) is 9.01. The van der Waals surface area contributed by atoms with Gasteiger partial charge in [-0.25, -0.2) is 9.97 Å². The zero-order valence-corrected chi connectivity index (χ0v) is 23.8. The standard InChI is InChI=1S/C24H16N4.4CHO2.Sn/c1-2-4-22-21(3-1)23-13-19-9-7-17(26-19)11-15-5-6-16(25-15)12-18-8-10-20(27-18)14-24(22)28-23;4*2-1-3;/h1-14,25-26H;4*(H,2,3);. The van der Waals surface area contributed by atoms with Crippen molar-refractivity contribution in [1.82, 2.24) is 19.9 Å². The number of rotatable bonds is 4. The number of H-pyrrole nitrogens is 2. The molecule has 8 bridgehead atoms. The normalized spacial score (nSPS) is 11.6. The molecule has 0 radical (unpaired) electrons. The van der Waals surface area contributed by atoms with E-state index in [1.54, 1.807) is 0 Å². The van der Waals surface area contributed by atoms with Crippen molar-refractivity contribution < 1.29 is 39.6 Å². The van der Waals surface area contributed by atoms with Crippen molar-refractivity contribution in [2.24, 2.45) is 0 Å². The average Bonchev–Trinajstić information content (AvgIpc) is 3.69. The number of hydrogen-bond acceptors (Lipinski definition) is 6. The summed E-state index contributed by atoms with van der Waals surface area (Å²) in [4.78, 5) is 57.7. The fourth-order valence-electron chi connectivity index (χ4n) is 4.31. The molecule has 2 aliphatic rings. The zero-order valence-electron chi connectivity index (χ0n) is 20.9. The predicted octanol–water partition coefficient (Wildman–Crippen LogP) is 6.29. The summed E-state index contributed by atoms with van der Waals surface area (Å²) in [7, 11) is 0. The number of benzene rings is 1. The van der Waals surface area contributed by atoms with E-state index in [1.807, 2.05) is 12.2 Å². The van der Waals surface area contributed by atoms with Gasteiger partial charge in [0.05, 0.1) is 22.8 Å². The second-order valence-corrected chi connectivity index (χ2v) is 18.2. The average molecular weight is 659 g/mol. The second kappa shape index (κ2) is 10.7. The first-order chi connectivity index (χ1) is 19.6. The maximum atomic E-state index is 10.3. The summed E-state index contributed by atoms with van der Waals surface area (Å²) in [6.45, 7) is 0. The Bertz CT molecular complexity index is 1880. The van der Waals surface area contributed by atoms with E-state index in [1.165, 1.54) is 0 Å². The van der Waals surface area contributed by atoms with Crippen LogP contribution in [0.4, 0.5) is 19.2 Å². The van der Waals surface area contributed by atoms with Crippen molar-refractivity contribution in [2.45, 2.75) is 0 Å². The molecule has 0 unspecified atom stereocenters. The van der Waals surface area contributed by atoms with Crippen LogP contribution >= 0.6 is 0 Å². The summed E-state index contributed by atoms with van der Waals surface area (Å²) in [6, 6.07) is 24.9. The Kier molecular flexibility index (Phi) is 7.15. The van der Waals surface area contributed by atoms with Gasteiger partial charge in [-0.1, -0.05) is 24.3 Å². The molecule has 2 aliphatic heterocycles. The molecule has 41 heavy (non-hydrogen) atoms. The molecule has 3 aromatic heterocycles. The van der Waals surface area contributed by atoms with Gasteiger partial charge in [0.15, 0.2) is 0 Å². The van der Waals surface area contributed by atoms with E-state index in [2.05, 4.69) is 82.8 Å². The monoisotopic (exact) mass is 660 g/mol. The quantitative estimate of drug-likeness (QED) is 0.117. The van der Waals surface area contributed by atoms with Crippen molar-refractivity contribution in [3.8, 4) is 22.5 Å². The summed E-state index contributed by atoms with van der Waals surface area (Å²) < 4.78 is -8.99. The Morgan fingerprint density at radius 2 is 0.951 bits per heavy atom. The summed E-state index contributed by atoms with van der Waals surface area (Å²) in [5, 5.41) is 33.1. The molecule has 204 valence electrons. The molecule has 13 heteroatoms. The SMILES string of the molecule is C1=Cc2cc3ccc(cc4ccc(cc5nc(cc1n2)-c1ccccc1-5)[nH]4)[nH]3.O=[C](O)[Sn]([C](=O)O)([C](=O)O)[C](=O)O. The van der Waals surface area contributed by atoms with E-state index in [4.69, 9.17) is 30.4 Å². The first kappa shape index (κ1) is 27.3. The van der Waals surface area contributed by atoms with E-state index in [-0.39, 0.29) is 0 Å². The minimum atomic E-state index is -6.26. The van der Waals surface area contributed by atoms with Gasteiger partial charge < -0.3 is 9.97 Å². The van der Waals surface area contributed by atoms with Crippen LogP contribution in [-0.2, 0) is 0 Å². The Balaban J connectivity index is 0.000000223. The van der Waals surface area contributed by atoms with Gasteiger partial charge in [-0.2, -0.15) is 0 Å². The molecule has 5 heterocycles. The molecule has 4 aromatic rings. The number of hydrogen-bond donors (Lipinski definition) is 6. The van der Waals surface area contributed by atoms with Crippen molar-refractivity contribution in [3.63, 3.8) is 0 Å². The van der Waals surface area contributed by atoms with Crippen molar-refractivity contribution >= 4 is 68.5 Å². The summed E-state index contributed by atoms with van der Waals surface area (Å²) >= 11 is -6.26. The fraction of sp³-hybridized carbons (Fsp3) is 0. The molecule has 6 rings (SSSR count). The zero-order chi connectivity index (χ0) is 29.3. The first-order valence-corrected chi connectivity index (χ1v) is 17.7. The minimum absolute atomic E-state index is 0.911.